The lowest BCUT2D eigenvalue weighted by atomic mass is 9.64. The molecular formula is C36H30O4. The second-order valence-corrected chi connectivity index (χ2v) is 10.4. The number of aliphatic hydroxyl groups is 2. The lowest BCUT2D eigenvalue weighted by molar-refractivity contribution is 0.201. The summed E-state index contributed by atoms with van der Waals surface area (Å²) in [5.41, 5.74) is 3.20. The molecule has 198 valence electrons. The summed E-state index contributed by atoms with van der Waals surface area (Å²) in [6, 6.07) is 36.5. The highest BCUT2D eigenvalue weighted by Crippen LogP contribution is 2.48. The van der Waals surface area contributed by atoms with Gasteiger partial charge in [-0.25, -0.2) is 0 Å². The molecule has 40 heavy (non-hydrogen) atoms. The van der Waals surface area contributed by atoms with E-state index in [1.54, 1.807) is 0 Å². The van der Waals surface area contributed by atoms with E-state index in [2.05, 4.69) is 84.9 Å². The van der Waals surface area contributed by atoms with Gasteiger partial charge in [0, 0.05) is 5.41 Å². The van der Waals surface area contributed by atoms with Crippen molar-refractivity contribution in [2.45, 2.75) is 11.8 Å². The molecule has 0 saturated carbocycles. The van der Waals surface area contributed by atoms with Crippen molar-refractivity contribution < 1.29 is 19.7 Å². The number of benzene rings is 6. The highest BCUT2D eigenvalue weighted by molar-refractivity contribution is 6.22. The molecule has 0 aliphatic heterocycles. The van der Waals surface area contributed by atoms with Crippen LogP contribution >= 0.6 is 0 Å². The SMILES string of the molecule is OCCOc1ccc(C2(c3ccc(OCCO)cc3)CC=c3c4cccc5cccc(c6cccc2c36)c54)cc1. The van der Waals surface area contributed by atoms with E-state index in [0.717, 1.165) is 17.9 Å². The number of aliphatic hydroxyl groups excluding tert-OH is 2. The summed E-state index contributed by atoms with van der Waals surface area (Å²) in [6.07, 6.45) is 3.22. The highest BCUT2D eigenvalue weighted by Gasteiger charge is 2.39. The Hall–Kier alpha value is -4.38. The summed E-state index contributed by atoms with van der Waals surface area (Å²) in [4.78, 5) is 0. The van der Waals surface area contributed by atoms with Crippen LogP contribution in [-0.4, -0.2) is 36.6 Å². The van der Waals surface area contributed by atoms with Crippen molar-refractivity contribution in [3.63, 3.8) is 0 Å². The fourth-order valence-corrected chi connectivity index (χ4v) is 6.64. The average molecular weight is 527 g/mol. The molecule has 0 amide bonds. The standard InChI is InChI=1S/C36H30O4/c37-20-22-39-27-14-10-25(11-15-27)36(26-12-16-28(17-13-26)40-23-21-38)19-18-32-30-7-2-5-24-4-1-6-29(34(24)30)31-8-3-9-33(36)35(31)32/h1-18,37-38H,19-23H2. The molecule has 0 fully saturated rings. The topological polar surface area (TPSA) is 58.9 Å². The molecule has 1 aliphatic rings. The lowest BCUT2D eigenvalue weighted by Crippen LogP contribution is -2.33. The van der Waals surface area contributed by atoms with Crippen LogP contribution in [-0.2, 0) is 5.41 Å². The monoisotopic (exact) mass is 526 g/mol. The van der Waals surface area contributed by atoms with E-state index >= 15 is 0 Å². The molecule has 1 aliphatic carbocycles. The van der Waals surface area contributed by atoms with Gasteiger partial charge in [-0.3, -0.25) is 0 Å². The molecule has 4 nitrogen and oxygen atoms in total. The molecule has 0 aromatic heterocycles. The van der Waals surface area contributed by atoms with Crippen molar-refractivity contribution in [3.8, 4) is 11.5 Å². The summed E-state index contributed by atoms with van der Waals surface area (Å²) in [5.74, 6) is 1.48. The second-order valence-electron chi connectivity index (χ2n) is 10.4. The van der Waals surface area contributed by atoms with E-state index in [1.807, 2.05) is 24.3 Å². The maximum Gasteiger partial charge on any atom is 0.119 e. The fourth-order valence-electron chi connectivity index (χ4n) is 6.64. The predicted molar refractivity (Wildman–Crippen MR) is 161 cm³/mol. The van der Waals surface area contributed by atoms with Gasteiger partial charge >= 0.3 is 0 Å². The van der Waals surface area contributed by atoms with Crippen LogP contribution in [0.4, 0.5) is 0 Å². The van der Waals surface area contributed by atoms with E-state index in [9.17, 15) is 10.2 Å². The first-order valence-corrected chi connectivity index (χ1v) is 13.8. The zero-order valence-electron chi connectivity index (χ0n) is 22.1. The van der Waals surface area contributed by atoms with Crippen molar-refractivity contribution in [2.75, 3.05) is 26.4 Å². The Labute approximate surface area is 232 Å². The van der Waals surface area contributed by atoms with Crippen LogP contribution in [0.3, 0.4) is 0 Å². The Morgan fingerprint density at radius 2 is 1.10 bits per heavy atom. The molecule has 0 spiro atoms. The molecule has 0 saturated heterocycles. The summed E-state index contributed by atoms with van der Waals surface area (Å²) < 4.78 is 11.4. The first-order valence-electron chi connectivity index (χ1n) is 13.8. The van der Waals surface area contributed by atoms with Gasteiger partial charge in [-0.1, -0.05) is 84.9 Å². The van der Waals surface area contributed by atoms with Crippen molar-refractivity contribution in [1.29, 1.82) is 0 Å². The average Bonchev–Trinajstić information content (AvgIpc) is 3.02. The van der Waals surface area contributed by atoms with Gasteiger partial charge in [0.1, 0.15) is 24.7 Å². The smallest absolute Gasteiger partial charge is 0.119 e. The predicted octanol–water partition coefficient (Wildman–Crippen LogP) is 6.13. The van der Waals surface area contributed by atoms with Crippen LogP contribution in [0.15, 0.2) is 103 Å². The van der Waals surface area contributed by atoms with Crippen LogP contribution in [0, 0.1) is 0 Å². The van der Waals surface area contributed by atoms with Gasteiger partial charge in [-0.05, 0) is 84.9 Å². The van der Waals surface area contributed by atoms with Gasteiger partial charge in [0.25, 0.3) is 0 Å². The number of fused-ring (bicyclic) bond motifs is 2. The number of ether oxygens (including phenoxy) is 2. The van der Waals surface area contributed by atoms with Crippen LogP contribution in [0.1, 0.15) is 23.1 Å². The van der Waals surface area contributed by atoms with E-state index in [0.29, 0.717) is 0 Å². The minimum absolute atomic E-state index is 0.0195. The molecule has 6 aromatic carbocycles. The number of hydrogen-bond acceptors (Lipinski definition) is 4. The third-order valence-corrected chi connectivity index (χ3v) is 8.31. The quantitative estimate of drug-likeness (QED) is 0.185. The van der Waals surface area contributed by atoms with Gasteiger partial charge in [-0.15, -0.1) is 0 Å². The fraction of sp³-hybridized carbons (Fsp3) is 0.167. The molecule has 7 rings (SSSR count). The van der Waals surface area contributed by atoms with E-state index in [4.69, 9.17) is 9.47 Å². The highest BCUT2D eigenvalue weighted by atomic mass is 16.5. The van der Waals surface area contributed by atoms with Crippen molar-refractivity contribution in [2.24, 2.45) is 0 Å². The minimum Gasteiger partial charge on any atom is -0.491 e. The van der Waals surface area contributed by atoms with E-state index in [-0.39, 0.29) is 26.4 Å². The minimum atomic E-state index is -0.431. The van der Waals surface area contributed by atoms with Crippen LogP contribution in [0.2, 0.25) is 0 Å². The molecule has 0 atom stereocenters. The van der Waals surface area contributed by atoms with Gasteiger partial charge < -0.3 is 19.7 Å². The van der Waals surface area contributed by atoms with Crippen molar-refractivity contribution in [1.82, 2.24) is 0 Å². The Balaban J connectivity index is 1.51. The molecule has 0 bridgehead atoms. The first-order chi connectivity index (χ1) is 19.7. The van der Waals surface area contributed by atoms with E-state index < -0.39 is 5.41 Å². The maximum absolute atomic E-state index is 9.21. The van der Waals surface area contributed by atoms with Crippen LogP contribution < -0.4 is 14.7 Å². The van der Waals surface area contributed by atoms with Gasteiger partial charge in [-0.2, -0.15) is 0 Å². The summed E-state index contributed by atoms with van der Waals surface area (Å²) >= 11 is 0. The molecular weight excluding hydrogens is 496 g/mol. The van der Waals surface area contributed by atoms with Crippen LogP contribution in [0.5, 0.6) is 11.5 Å². The third-order valence-electron chi connectivity index (χ3n) is 8.31. The Morgan fingerprint density at radius 1 is 0.575 bits per heavy atom. The molecule has 4 heteroatoms. The van der Waals surface area contributed by atoms with Gasteiger partial charge in [0.2, 0.25) is 0 Å². The molecule has 2 N–H and O–H groups in total. The Kier molecular flexibility index (Phi) is 6.15. The Morgan fingerprint density at radius 3 is 1.68 bits per heavy atom. The van der Waals surface area contributed by atoms with Crippen molar-refractivity contribution in [3.05, 3.63) is 125 Å². The van der Waals surface area contributed by atoms with Gasteiger partial charge in [0.15, 0.2) is 0 Å². The number of hydrogen-bond donors (Lipinski definition) is 2. The largest absolute Gasteiger partial charge is 0.491 e. The first kappa shape index (κ1) is 24.6. The zero-order valence-corrected chi connectivity index (χ0v) is 22.1. The zero-order chi connectivity index (χ0) is 27.1. The lowest BCUT2D eigenvalue weighted by Gasteiger charge is -2.38. The molecule has 0 unspecified atom stereocenters. The number of rotatable bonds is 8. The van der Waals surface area contributed by atoms with Crippen LogP contribution in [0.25, 0.3) is 38.4 Å². The third kappa shape index (κ3) is 3.75. The summed E-state index contributed by atoms with van der Waals surface area (Å²) in [7, 11) is 0. The van der Waals surface area contributed by atoms with E-state index in [1.165, 1.54) is 54.2 Å². The molecule has 0 heterocycles. The Bertz CT molecular complexity index is 1830. The molecule has 6 aromatic rings. The summed E-state index contributed by atoms with van der Waals surface area (Å²) in [5, 5.41) is 27.4. The summed E-state index contributed by atoms with van der Waals surface area (Å²) in [6.45, 7) is 0.495. The molecule has 0 radical (unpaired) electrons. The second kappa shape index (κ2) is 9.98. The van der Waals surface area contributed by atoms with Crippen molar-refractivity contribution >= 4 is 38.4 Å². The normalized spacial score (nSPS) is 13.9. The van der Waals surface area contributed by atoms with Gasteiger partial charge in [0.05, 0.1) is 13.2 Å². The maximum atomic E-state index is 9.21.